The lowest BCUT2D eigenvalue weighted by molar-refractivity contribution is 0.278. The molecule has 0 atom stereocenters. The van der Waals surface area contributed by atoms with E-state index < -0.39 is 0 Å². The Kier molecular flexibility index (Phi) is 4.21. The van der Waals surface area contributed by atoms with Crippen LogP contribution in [0.15, 0.2) is 28.7 Å². The van der Waals surface area contributed by atoms with Gasteiger partial charge in [-0.05, 0) is 24.6 Å². The largest absolute Gasteiger partial charge is 0.472 e. The normalized spacial score (nSPS) is 10.5. The third-order valence-electron chi connectivity index (χ3n) is 2.70. The van der Waals surface area contributed by atoms with Crippen molar-refractivity contribution < 1.29 is 4.74 Å². The van der Waals surface area contributed by atoms with Crippen LogP contribution in [0.1, 0.15) is 16.8 Å². The average Bonchev–Trinajstić information content (AvgIpc) is 2.63. The Hall–Kier alpha value is -1.40. The van der Waals surface area contributed by atoms with Crippen LogP contribution >= 0.6 is 28.1 Å². The molecule has 0 aliphatic carbocycles. The van der Waals surface area contributed by atoms with E-state index >= 15 is 0 Å². The van der Waals surface area contributed by atoms with E-state index in [9.17, 15) is 0 Å². The molecule has 0 aliphatic rings. The Morgan fingerprint density at radius 2 is 2.05 bits per heavy atom. The van der Waals surface area contributed by atoms with E-state index in [0.29, 0.717) is 23.0 Å². The summed E-state index contributed by atoms with van der Waals surface area (Å²) in [7, 11) is 1.81. The summed E-state index contributed by atoms with van der Waals surface area (Å²) in [6.07, 6.45) is 0. The molecule has 0 unspecified atom stereocenters. The maximum atomic E-state index is 5.79. The second kappa shape index (κ2) is 5.71. The van der Waals surface area contributed by atoms with Gasteiger partial charge < -0.3 is 10.5 Å². The van der Waals surface area contributed by atoms with Crippen LogP contribution in [-0.2, 0) is 13.7 Å². The zero-order valence-electron chi connectivity index (χ0n) is 10.7. The number of nitrogens with zero attached hydrogens (tertiary/aromatic N) is 2. The van der Waals surface area contributed by atoms with Gasteiger partial charge in [0.25, 0.3) is 0 Å². The van der Waals surface area contributed by atoms with E-state index in [1.807, 2.05) is 38.2 Å². The van der Waals surface area contributed by atoms with Gasteiger partial charge in [-0.25, -0.2) is 4.68 Å². The number of thiocarbonyl (C=S) groups is 1. The number of nitrogens with two attached hydrogens (primary N) is 1. The van der Waals surface area contributed by atoms with E-state index in [4.69, 9.17) is 22.7 Å². The first-order chi connectivity index (χ1) is 8.99. The van der Waals surface area contributed by atoms with Crippen LogP contribution in [0.5, 0.6) is 5.88 Å². The van der Waals surface area contributed by atoms with E-state index in [1.165, 1.54) is 0 Å². The van der Waals surface area contributed by atoms with Gasteiger partial charge in [0, 0.05) is 11.5 Å². The van der Waals surface area contributed by atoms with Gasteiger partial charge in [-0.15, -0.1) is 0 Å². The maximum Gasteiger partial charge on any atom is 0.222 e. The molecule has 0 radical (unpaired) electrons. The number of aromatic nitrogens is 2. The van der Waals surface area contributed by atoms with Crippen molar-refractivity contribution in [1.82, 2.24) is 9.78 Å². The zero-order valence-corrected chi connectivity index (χ0v) is 13.1. The summed E-state index contributed by atoms with van der Waals surface area (Å²) in [6.45, 7) is 2.31. The van der Waals surface area contributed by atoms with Crippen molar-refractivity contribution in [3.05, 3.63) is 45.6 Å². The van der Waals surface area contributed by atoms with Crippen molar-refractivity contribution in [1.29, 1.82) is 0 Å². The van der Waals surface area contributed by atoms with Crippen molar-refractivity contribution in [3.8, 4) is 5.88 Å². The number of halogens is 1. The molecule has 2 aromatic rings. The van der Waals surface area contributed by atoms with Gasteiger partial charge in [-0.1, -0.05) is 40.3 Å². The van der Waals surface area contributed by atoms with Crippen molar-refractivity contribution >= 4 is 33.1 Å². The second-order valence-corrected chi connectivity index (χ2v) is 5.52. The summed E-state index contributed by atoms with van der Waals surface area (Å²) in [5.41, 5.74) is 8.26. The van der Waals surface area contributed by atoms with Gasteiger partial charge in [0.2, 0.25) is 5.88 Å². The van der Waals surface area contributed by atoms with Crippen LogP contribution in [0.4, 0.5) is 0 Å². The quantitative estimate of drug-likeness (QED) is 0.870. The van der Waals surface area contributed by atoms with Crippen LogP contribution in [0, 0.1) is 6.92 Å². The Bertz CT molecular complexity index is 607. The van der Waals surface area contributed by atoms with Crippen molar-refractivity contribution in [3.63, 3.8) is 0 Å². The minimum absolute atomic E-state index is 0.302. The fourth-order valence-electron chi connectivity index (χ4n) is 1.82. The Balaban J connectivity index is 2.20. The highest BCUT2D eigenvalue weighted by Gasteiger charge is 2.16. The fraction of sp³-hybridized carbons (Fsp3) is 0.231. The van der Waals surface area contributed by atoms with Crippen LogP contribution in [0.3, 0.4) is 0 Å². The molecule has 0 spiro atoms. The smallest absolute Gasteiger partial charge is 0.222 e. The van der Waals surface area contributed by atoms with E-state index in [1.54, 1.807) is 4.68 Å². The topological polar surface area (TPSA) is 53.1 Å². The molecule has 6 heteroatoms. The zero-order chi connectivity index (χ0) is 14.0. The number of aryl methyl sites for hydroxylation is 2. The minimum Gasteiger partial charge on any atom is -0.472 e. The summed E-state index contributed by atoms with van der Waals surface area (Å²) in [5, 5.41) is 4.28. The Morgan fingerprint density at radius 1 is 1.42 bits per heavy atom. The molecular weight excluding hydrogens is 326 g/mol. The standard InChI is InChI=1S/C13H14BrN3OS/c1-8-11(12(15)19)13(17(2)16-8)18-7-9-3-5-10(14)6-4-9/h3-6H,7H2,1-2H3,(H2,15,19). The number of hydrogen-bond donors (Lipinski definition) is 1. The maximum absolute atomic E-state index is 5.79. The molecule has 100 valence electrons. The summed E-state index contributed by atoms with van der Waals surface area (Å²) in [6, 6.07) is 7.94. The van der Waals surface area contributed by atoms with E-state index in [-0.39, 0.29) is 0 Å². The van der Waals surface area contributed by atoms with Gasteiger partial charge in [0.1, 0.15) is 11.6 Å². The number of rotatable bonds is 4. The van der Waals surface area contributed by atoms with Crippen molar-refractivity contribution in [2.24, 2.45) is 12.8 Å². The van der Waals surface area contributed by atoms with Crippen molar-refractivity contribution in [2.45, 2.75) is 13.5 Å². The molecule has 0 aliphatic heterocycles. The third-order valence-corrected chi connectivity index (χ3v) is 3.44. The number of hydrogen-bond acceptors (Lipinski definition) is 3. The van der Waals surface area contributed by atoms with Gasteiger partial charge >= 0.3 is 0 Å². The highest BCUT2D eigenvalue weighted by Crippen LogP contribution is 2.22. The lowest BCUT2D eigenvalue weighted by Crippen LogP contribution is -2.12. The molecule has 1 heterocycles. The molecule has 0 fully saturated rings. The van der Waals surface area contributed by atoms with Gasteiger partial charge in [0.05, 0.1) is 11.3 Å². The molecular formula is C13H14BrN3OS. The molecule has 2 N–H and O–H groups in total. The first kappa shape index (κ1) is 14.0. The van der Waals surface area contributed by atoms with Crippen LogP contribution in [0.2, 0.25) is 0 Å². The fourth-order valence-corrected chi connectivity index (χ4v) is 2.32. The minimum atomic E-state index is 0.302. The summed E-state index contributed by atoms with van der Waals surface area (Å²) >= 11 is 8.44. The Labute approximate surface area is 125 Å². The van der Waals surface area contributed by atoms with Gasteiger partial charge in [-0.3, -0.25) is 0 Å². The lowest BCUT2D eigenvalue weighted by Gasteiger charge is -2.08. The summed E-state index contributed by atoms with van der Waals surface area (Å²) in [4.78, 5) is 0.302. The molecule has 0 saturated heterocycles. The van der Waals surface area contributed by atoms with Crippen LogP contribution < -0.4 is 10.5 Å². The molecule has 19 heavy (non-hydrogen) atoms. The molecule has 0 saturated carbocycles. The van der Waals surface area contributed by atoms with E-state index in [2.05, 4.69) is 21.0 Å². The SMILES string of the molecule is Cc1nn(C)c(OCc2ccc(Br)cc2)c1C(N)=S. The van der Waals surface area contributed by atoms with E-state index in [0.717, 1.165) is 15.7 Å². The average molecular weight is 340 g/mol. The third kappa shape index (κ3) is 3.13. The lowest BCUT2D eigenvalue weighted by atomic mass is 10.2. The second-order valence-electron chi connectivity index (χ2n) is 4.17. The van der Waals surface area contributed by atoms with Gasteiger partial charge in [-0.2, -0.15) is 5.10 Å². The highest BCUT2D eigenvalue weighted by atomic mass is 79.9. The predicted molar refractivity (Wildman–Crippen MR) is 82.3 cm³/mol. The highest BCUT2D eigenvalue weighted by molar-refractivity contribution is 9.10. The molecule has 1 aromatic heterocycles. The number of ether oxygens (including phenoxy) is 1. The summed E-state index contributed by atoms with van der Waals surface area (Å²) < 4.78 is 8.49. The van der Waals surface area contributed by atoms with Crippen LogP contribution in [0.25, 0.3) is 0 Å². The first-order valence-corrected chi connectivity index (χ1v) is 6.90. The van der Waals surface area contributed by atoms with Crippen molar-refractivity contribution in [2.75, 3.05) is 0 Å². The molecule has 2 rings (SSSR count). The Morgan fingerprint density at radius 3 is 2.63 bits per heavy atom. The molecule has 0 amide bonds. The molecule has 0 bridgehead atoms. The predicted octanol–water partition coefficient (Wildman–Crippen LogP) is 2.70. The molecule has 4 nitrogen and oxygen atoms in total. The summed E-state index contributed by atoms with van der Waals surface area (Å²) in [5.74, 6) is 0.605. The molecule has 1 aromatic carbocycles. The van der Waals surface area contributed by atoms with Gasteiger partial charge in [0.15, 0.2) is 0 Å². The monoisotopic (exact) mass is 339 g/mol. The van der Waals surface area contributed by atoms with Crippen LogP contribution in [-0.4, -0.2) is 14.8 Å². The first-order valence-electron chi connectivity index (χ1n) is 5.69. The number of benzene rings is 1.